The van der Waals surface area contributed by atoms with Crippen LogP contribution in [0.3, 0.4) is 0 Å². The molecule has 0 aliphatic heterocycles. The van der Waals surface area contributed by atoms with Crippen molar-refractivity contribution in [3.8, 4) is 5.75 Å². The Hall–Kier alpha value is -1.55. The topological polar surface area (TPSA) is 58.6 Å². The molecule has 0 bridgehead atoms. The summed E-state index contributed by atoms with van der Waals surface area (Å²) < 4.78 is 4.94. The average Bonchev–Trinajstić information content (AvgIpc) is 2.19. The Morgan fingerprint density at radius 1 is 1.53 bits per heavy atom. The number of carbonyl (C=O) groups is 1. The second-order valence-electron chi connectivity index (χ2n) is 3.21. The van der Waals surface area contributed by atoms with Gasteiger partial charge in [-0.1, -0.05) is 6.07 Å². The van der Waals surface area contributed by atoms with Gasteiger partial charge in [0.05, 0.1) is 5.69 Å². The van der Waals surface area contributed by atoms with Gasteiger partial charge in [-0.05, 0) is 31.5 Å². The van der Waals surface area contributed by atoms with Crippen molar-refractivity contribution in [1.82, 2.24) is 0 Å². The first-order chi connectivity index (χ1) is 7.13. The van der Waals surface area contributed by atoms with Crippen LogP contribution in [0.5, 0.6) is 5.75 Å². The van der Waals surface area contributed by atoms with Crippen molar-refractivity contribution in [2.24, 2.45) is 0 Å². The normalized spacial score (nSPS) is 10.0. The monoisotopic (exact) mass is 209 g/mol. The number of hydrogen-bond donors (Lipinski definition) is 2. The van der Waals surface area contributed by atoms with E-state index in [1.165, 1.54) is 0 Å². The largest absolute Gasteiger partial charge is 0.506 e. The fourth-order valence-corrected chi connectivity index (χ4v) is 1.13. The molecule has 0 saturated carbocycles. The van der Waals surface area contributed by atoms with Gasteiger partial charge in [-0.2, -0.15) is 0 Å². The van der Waals surface area contributed by atoms with E-state index < -0.39 is 0 Å². The lowest BCUT2D eigenvalue weighted by molar-refractivity contribution is -0.120. The van der Waals surface area contributed by atoms with E-state index in [4.69, 9.17) is 4.74 Å². The summed E-state index contributed by atoms with van der Waals surface area (Å²) in [6.45, 7) is 4.18. The maximum atomic E-state index is 11.3. The van der Waals surface area contributed by atoms with Gasteiger partial charge in [-0.15, -0.1) is 0 Å². The first kappa shape index (κ1) is 11.5. The minimum absolute atomic E-state index is 0.00379. The van der Waals surface area contributed by atoms with Crippen molar-refractivity contribution < 1.29 is 14.6 Å². The quantitative estimate of drug-likeness (QED) is 0.742. The number of aryl methyl sites for hydroxylation is 1. The van der Waals surface area contributed by atoms with Gasteiger partial charge in [0, 0.05) is 6.61 Å². The molecular weight excluding hydrogens is 194 g/mol. The van der Waals surface area contributed by atoms with Crippen molar-refractivity contribution in [2.45, 2.75) is 13.8 Å². The van der Waals surface area contributed by atoms with Crippen LogP contribution in [0.4, 0.5) is 5.69 Å². The van der Waals surface area contributed by atoms with Crippen molar-refractivity contribution in [3.63, 3.8) is 0 Å². The Morgan fingerprint density at radius 2 is 2.27 bits per heavy atom. The number of nitrogens with one attached hydrogen (secondary N) is 1. The average molecular weight is 209 g/mol. The van der Waals surface area contributed by atoms with Gasteiger partial charge in [0.1, 0.15) is 12.4 Å². The number of amides is 1. The molecule has 0 saturated heterocycles. The van der Waals surface area contributed by atoms with Crippen LogP contribution in [-0.4, -0.2) is 24.2 Å². The third kappa shape index (κ3) is 3.59. The molecule has 1 rings (SSSR count). The molecular formula is C11H15NO3. The Balaban J connectivity index is 2.60. The molecule has 0 unspecified atom stereocenters. The van der Waals surface area contributed by atoms with Crippen LogP contribution >= 0.6 is 0 Å². The molecule has 1 aromatic rings. The smallest absolute Gasteiger partial charge is 0.250 e. The molecule has 0 radical (unpaired) electrons. The predicted molar refractivity (Wildman–Crippen MR) is 58.0 cm³/mol. The van der Waals surface area contributed by atoms with Crippen molar-refractivity contribution in [3.05, 3.63) is 23.8 Å². The van der Waals surface area contributed by atoms with Gasteiger partial charge >= 0.3 is 0 Å². The second kappa shape index (κ2) is 5.36. The molecule has 0 aromatic heterocycles. The van der Waals surface area contributed by atoms with Gasteiger partial charge in [0.25, 0.3) is 0 Å². The SMILES string of the molecule is CCOCC(=O)Nc1ccc(C)cc1O. The number of phenols is 1. The summed E-state index contributed by atoms with van der Waals surface area (Å²) in [6.07, 6.45) is 0. The first-order valence-corrected chi connectivity index (χ1v) is 4.80. The van der Waals surface area contributed by atoms with E-state index in [0.717, 1.165) is 5.56 Å². The summed E-state index contributed by atoms with van der Waals surface area (Å²) in [4.78, 5) is 11.3. The maximum Gasteiger partial charge on any atom is 0.250 e. The minimum atomic E-state index is -0.268. The molecule has 2 N–H and O–H groups in total. The molecule has 1 aromatic carbocycles. The first-order valence-electron chi connectivity index (χ1n) is 4.80. The summed E-state index contributed by atoms with van der Waals surface area (Å²) >= 11 is 0. The zero-order chi connectivity index (χ0) is 11.3. The van der Waals surface area contributed by atoms with E-state index in [0.29, 0.717) is 12.3 Å². The summed E-state index contributed by atoms with van der Waals surface area (Å²) in [5, 5.41) is 12.1. The van der Waals surface area contributed by atoms with Crippen LogP contribution in [0.15, 0.2) is 18.2 Å². The standard InChI is InChI=1S/C11H15NO3/c1-3-15-7-11(14)12-9-5-4-8(2)6-10(9)13/h4-6,13H,3,7H2,1-2H3,(H,12,14). The van der Waals surface area contributed by atoms with Gasteiger partial charge in [-0.3, -0.25) is 4.79 Å². The van der Waals surface area contributed by atoms with Crippen LogP contribution in [0, 0.1) is 6.92 Å². The molecule has 0 atom stereocenters. The molecule has 0 spiro atoms. The van der Waals surface area contributed by atoms with Gasteiger partial charge in [-0.25, -0.2) is 0 Å². The molecule has 0 aliphatic carbocycles. The Morgan fingerprint density at radius 3 is 2.87 bits per heavy atom. The lowest BCUT2D eigenvalue weighted by atomic mass is 10.2. The van der Waals surface area contributed by atoms with Crippen LogP contribution in [0.25, 0.3) is 0 Å². The third-order valence-corrected chi connectivity index (χ3v) is 1.86. The minimum Gasteiger partial charge on any atom is -0.506 e. The number of aromatic hydroxyl groups is 1. The number of phenolic OH excluding ortho intramolecular Hbond substituents is 1. The highest BCUT2D eigenvalue weighted by molar-refractivity contribution is 5.93. The number of rotatable bonds is 4. The summed E-state index contributed by atoms with van der Waals surface area (Å²) in [5.41, 5.74) is 1.35. The van der Waals surface area contributed by atoms with Crippen molar-refractivity contribution in [1.29, 1.82) is 0 Å². The molecule has 15 heavy (non-hydrogen) atoms. The van der Waals surface area contributed by atoms with E-state index >= 15 is 0 Å². The zero-order valence-electron chi connectivity index (χ0n) is 8.91. The lowest BCUT2D eigenvalue weighted by Crippen LogP contribution is -2.18. The van der Waals surface area contributed by atoms with Crippen LogP contribution in [0.1, 0.15) is 12.5 Å². The van der Waals surface area contributed by atoms with Crippen LogP contribution in [0.2, 0.25) is 0 Å². The fraction of sp³-hybridized carbons (Fsp3) is 0.364. The molecule has 0 fully saturated rings. The summed E-state index contributed by atoms with van der Waals surface area (Å²) in [6, 6.07) is 5.07. The Kier molecular flexibility index (Phi) is 4.12. The summed E-state index contributed by atoms with van der Waals surface area (Å²) in [7, 11) is 0. The molecule has 0 aliphatic rings. The van der Waals surface area contributed by atoms with E-state index in [1.54, 1.807) is 12.1 Å². The maximum absolute atomic E-state index is 11.3. The number of hydrogen-bond acceptors (Lipinski definition) is 3. The molecule has 82 valence electrons. The highest BCUT2D eigenvalue weighted by Gasteiger charge is 2.05. The highest BCUT2D eigenvalue weighted by atomic mass is 16.5. The van der Waals surface area contributed by atoms with Gasteiger partial charge < -0.3 is 15.2 Å². The predicted octanol–water partition coefficient (Wildman–Crippen LogP) is 1.68. The van der Waals surface area contributed by atoms with Gasteiger partial charge in [0.15, 0.2) is 0 Å². The van der Waals surface area contributed by atoms with Crippen LogP contribution < -0.4 is 5.32 Å². The number of benzene rings is 1. The highest BCUT2D eigenvalue weighted by Crippen LogP contribution is 2.23. The number of ether oxygens (including phenoxy) is 1. The second-order valence-corrected chi connectivity index (χ2v) is 3.21. The molecule has 4 heteroatoms. The van der Waals surface area contributed by atoms with E-state index in [9.17, 15) is 9.90 Å². The zero-order valence-corrected chi connectivity index (χ0v) is 8.91. The Bertz CT molecular complexity index is 350. The van der Waals surface area contributed by atoms with E-state index in [2.05, 4.69) is 5.32 Å². The summed E-state index contributed by atoms with van der Waals surface area (Å²) in [5.74, 6) is -0.198. The van der Waals surface area contributed by atoms with Crippen molar-refractivity contribution >= 4 is 11.6 Å². The van der Waals surface area contributed by atoms with Crippen LogP contribution in [-0.2, 0) is 9.53 Å². The number of carbonyl (C=O) groups excluding carboxylic acids is 1. The Labute approximate surface area is 88.9 Å². The fourth-order valence-electron chi connectivity index (χ4n) is 1.13. The molecule has 0 heterocycles. The van der Waals surface area contributed by atoms with Gasteiger partial charge in [0.2, 0.25) is 5.91 Å². The molecule has 1 amide bonds. The van der Waals surface area contributed by atoms with E-state index in [1.807, 2.05) is 19.9 Å². The number of anilines is 1. The third-order valence-electron chi connectivity index (χ3n) is 1.86. The van der Waals surface area contributed by atoms with Crippen molar-refractivity contribution in [2.75, 3.05) is 18.5 Å². The van der Waals surface area contributed by atoms with E-state index in [-0.39, 0.29) is 18.3 Å². The molecule has 4 nitrogen and oxygen atoms in total. The lowest BCUT2D eigenvalue weighted by Gasteiger charge is -2.07.